The number of aromatic nitrogens is 6. The van der Waals surface area contributed by atoms with Gasteiger partial charge in [0.25, 0.3) is 20.2 Å². The molecule has 4 heterocycles. The first-order valence-electron chi connectivity index (χ1n) is 28.5. The van der Waals surface area contributed by atoms with Gasteiger partial charge in [-0.3, -0.25) is 18.7 Å². The average Bonchev–Trinajstić information content (AvgIpc) is 1.60. The molecule has 28 heteroatoms. The highest BCUT2D eigenvalue weighted by molar-refractivity contribution is 15.0. The molecule has 0 radical (unpaired) electrons. The summed E-state index contributed by atoms with van der Waals surface area (Å²) in [5.74, 6) is 0.907. The van der Waals surface area contributed by atoms with Gasteiger partial charge in [0, 0.05) is 170 Å². The Morgan fingerprint density at radius 3 is 1.27 bits per heavy atom. The van der Waals surface area contributed by atoms with Crippen LogP contribution >= 0.6 is 37.2 Å². The third-order valence-electron chi connectivity index (χ3n) is 11.9. The molecule has 86 heavy (non-hydrogen) atoms. The molecular formula is C58H74I2N14O10S2. The van der Waals surface area contributed by atoms with Crippen molar-refractivity contribution in [3.05, 3.63) is 135 Å². The van der Waals surface area contributed by atoms with Crippen molar-refractivity contribution >= 4 is 137 Å². The van der Waals surface area contributed by atoms with E-state index in [1.165, 1.54) is 21.3 Å². The van der Waals surface area contributed by atoms with Crippen LogP contribution in [0.25, 0.3) is 44.3 Å². The number of carbonyl (C=O) groups excluding carboxylic acids is 2. The second-order valence-corrected chi connectivity index (χ2v) is 22.0. The van der Waals surface area contributed by atoms with E-state index in [1.54, 1.807) is 87.5 Å². The summed E-state index contributed by atoms with van der Waals surface area (Å²) in [6.45, 7) is 5.50. The summed E-state index contributed by atoms with van der Waals surface area (Å²) in [4.78, 5) is 50.8. The van der Waals surface area contributed by atoms with Crippen molar-refractivity contribution in [3.63, 3.8) is 0 Å². The Kier molecular flexibility index (Phi) is 24.0. The average molecular weight is 1450 g/mol. The third kappa shape index (κ3) is 22.1. The van der Waals surface area contributed by atoms with Gasteiger partial charge in [0.05, 0.1) is 72.2 Å². The van der Waals surface area contributed by atoms with Gasteiger partial charge in [-0.2, -0.15) is 16.8 Å². The number of benzene rings is 4. The summed E-state index contributed by atoms with van der Waals surface area (Å²) < 4.78 is 113. The minimum Gasteiger partial charge on any atom is -0.494 e. The summed E-state index contributed by atoms with van der Waals surface area (Å²) >= 11 is 4.24. The predicted molar refractivity (Wildman–Crippen MR) is 365 cm³/mol. The molecule has 4 aromatic carbocycles. The van der Waals surface area contributed by atoms with E-state index in [2.05, 4.69) is 101 Å². The molecule has 8 aromatic rings. The Hall–Kier alpha value is -7.46. The van der Waals surface area contributed by atoms with Gasteiger partial charge in [-0.15, -0.1) is 0 Å². The maximum atomic E-state index is 12.3. The van der Waals surface area contributed by atoms with Gasteiger partial charge in [-0.25, -0.2) is 19.9 Å². The molecule has 4 aromatic heterocycles. The summed E-state index contributed by atoms with van der Waals surface area (Å²) in [6.07, 6.45) is 10.2. The molecule has 0 aliphatic carbocycles. The second-order valence-electron chi connectivity index (χ2n) is 19.1. The van der Waals surface area contributed by atoms with Crippen molar-refractivity contribution in [2.75, 3.05) is 126 Å². The van der Waals surface area contributed by atoms with E-state index < -0.39 is 34.2 Å². The number of hydrogen-bond donors (Lipinski definition) is 6. The number of hydrogen-bond acceptors (Lipinski definition) is 18. The van der Waals surface area contributed by atoms with Crippen molar-refractivity contribution in [3.8, 4) is 34.0 Å². The van der Waals surface area contributed by atoms with Crippen molar-refractivity contribution in [1.82, 2.24) is 38.9 Å². The van der Waals surface area contributed by atoms with E-state index >= 15 is 0 Å². The number of amides is 2. The number of likely N-dealkylation sites (N-methyl/N-ethyl adjacent to an activating group) is 4. The van der Waals surface area contributed by atoms with Crippen LogP contribution in [0.4, 0.5) is 46.0 Å². The van der Waals surface area contributed by atoms with E-state index in [0.29, 0.717) is 80.3 Å². The lowest BCUT2D eigenvalue weighted by molar-refractivity contribution is -0.112. The maximum Gasteiger partial charge on any atom is 0.261 e. The topological polar surface area (TPSA) is 284 Å². The number of fused-ring (bicyclic) bond motifs is 2. The number of methoxy groups -OCH3 is 2. The number of aryl methyl sites for hydroxylation is 2. The molecule has 0 spiro atoms. The Morgan fingerprint density at radius 1 is 0.605 bits per heavy atom. The standard InChI is InChI=1S/2C28H33N7O2.2CH4O3S.I2/c2*1-7-27(36)30-22-16-23(26(37-6)17-25(22)34(4)15-14-33(2)3)32-28-29-13-12-21(31-28)20-18-35(5)24-11-9-8-10-19(20)24;2*1-5(2,3)4;1-2/h2*7-13,16-18H,1,14-15H2,2-6H3,(H,30,36)(H,29,31,32);2*1H3,(H,2,3,4);/i2*5D3;;;. The molecule has 24 nitrogen and oxygen atoms in total. The van der Waals surface area contributed by atoms with Crippen LogP contribution in [-0.4, -0.2) is 172 Å². The fourth-order valence-corrected chi connectivity index (χ4v) is 7.96. The number of para-hydroxylation sites is 2. The minimum absolute atomic E-state index is 0.274. The van der Waals surface area contributed by atoms with Crippen LogP contribution in [0.15, 0.2) is 135 Å². The largest absolute Gasteiger partial charge is 0.494 e. The molecule has 462 valence electrons. The number of carbonyl (C=O) groups is 2. The SMILES string of the molecule is CS(=O)(=O)O.CS(=O)(=O)O.II.[2H]C([2H])([2H])n1cc(-c2ccnc(Nc3cc(NC(=O)C=C)c(N(C)CCN(C)C)cc3OC)n2)c2ccccc21.[2H]C([2H])([2H])n1cc(-c2ccnc(Nc3cc(NC(=O)C=C)c(N(C)CCN(C)C)cc3OC)n2)c2ccccc21. The van der Waals surface area contributed by atoms with Crippen LogP contribution in [0.5, 0.6) is 11.5 Å². The zero-order valence-corrected chi connectivity index (χ0v) is 54.9. The lowest BCUT2D eigenvalue weighted by Crippen LogP contribution is -2.29. The summed E-state index contributed by atoms with van der Waals surface area (Å²) in [7, 11) is 7.66. The van der Waals surface area contributed by atoms with Crippen LogP contribution in [0.3, 0.4) is 0 Å². The van der Waals surface area contributed by atoms with Crippen molar-refractivity contribution < 1.29 is 53.2 Å². The van der Waals surface area contributed by atoms with E-state index in [1.807, 2.05) is 88.5 Å². The van der Waals surface area contributed by atoms with Gasteiger partial charge >= 0.3 is 0 Å². The zero-order chi connectivity index (χ0) is 69.1. The van der Waals surface area contributed by atoms with Gasteiger partial charge in [0.1, 0.15) is 11.5 Å². The first-order chi connectivity index (χ1) is 43.0. The van der Waals surface area contributed by atoms with Crippen LogP contribution in [0.2, 0.25) is 0 Å². The third-order valence-corrected chi connectivity index (χ3v) is 11.9. The quantitative estimate of drug-likeness (QED) is 0.0235. The number of ether oxygens (including phenoxy) is 2. The van der Waals surface area contributed by atoms with Gasteiger partial charge < -0.3 is 59.5 Å². The Bertz CT molecular complexity index is 3810. The molecule has 6 N–H and O–H groups in total. The molecule has 0 bridgehead atoms. The highest BCUT2D eigenvalue weighted by Gasteiger charge is 2.20. The predicted octanol–water partition coefficient (Wildman–Crippen LogP) is 9.80. The van der Waals surface area contributed by atoms with E-state index in [-0.39, 0.29) is 23.7 Å². The first-order valence-corrected chi connectivity index (χ1v) is 35.5. The molecule has 2 amide bonds. The lowest BCUT2D eigenvalue weighted by atomic mass is 10.1. The van der Waals surface area contributed by atoms with E-state index in [0.717, 1.165) is 48.3 Å². The van der Waals surface area contributed by atoms with Crippen molar-refractivity contribution in [1.29, 1.82) is 0 Å². The molecular weight excluding hydrogens is 1370 g/mol. The Morgan fingerprint density at radius 2 is 0.953 bits per heavy atom. The van der Waals surface area contributed by atoms with Crippen molar-refractivity contribution in [2.24, 2.45) is 14.0 Å². The van der Waals surface area contributed by atoms with Gasteiger partial charge in [-0.1, -0.05) is 49.6 Å². The zero-order valence-electron chi connectivity index (χ0n) is 55.0. The normalized spacial score (nSPS) is 12.2. The number of nitrogens with zero attached hydrogens (tertiary/aromatic N) is 10. The van der Waals surface area contributed by atoms with E-state index in [9.17, 15) is 26.4 Å². The summed E-state index contributed by atoms with van der Waals surface area (Å²) in [6, 6.07) is 25.3. The molecule has 0 saturated carbocycles. The molecule has 0 unspecified atom stereocenters. The molecule has 0 fully saturated rings. The maximum absolute atomic E-state index is 12.3. The second kappa shape index (κ2) is 33.4. The lowest BCUT2D eigenvalue weighted by Gasteiger charge is -2.26. The molecule has 8 rings (SSSR count). The van der Waals surface area contributed by atoms with Crippen LogP contribution in [0.1, 0.15) is 8.22 Å². The number of nitrogens with one attached hydrogen (secondary N) is 4. The summed E-state index contributed by atoms with van der Waals surface area (Å²) in [5, 5.41) is 13.7. The monoisotopic (exact) mass is 1450 g/mol. The first kappa shape index (κ1) is 61.6. The van der Waals surface area contributed by atoms with Crippen molar-refractivity contribution in [2.45, 2.75) is 0 Å². The van der Waals surface area contributed by atoms with Gasteiger partial charge in [0.2, 0.25) is 23.7 Å². The molecule has 0 atom stereocenters. The molecule has 0 saturated heterocycles. The van der Waals surface area contributed by atoms with E-state index in [4.69, 9.17) is 26.8 Å². The van der Waals surface area contributed by atoms with Gasteiger partial charge in [-0.05, 0) is 76.7 Å². The Labute approximate surface area is 535 Å². The van der Waals surface area contributed by atoms with Crippen LogP contribution < -0.4 is 40.5 Å². The number of rotatable bonds is 20. The van der Waals surface area contributed by atoms with Gasteiger partial charge in [0.15, 0.2) is 0 Å². The molecule has 0 aliphatic heterocycles. The highest BCUT2D eigenvalue weighted by atomic mass is 128. The molecule has 0 aliphatic rings. The highest BCUT2D eigenvalue weighted by Crippen LogP contribution is 2.40. The number of halogens is 2. The Balaban J connectivity index is 0.000000334. The minimum atomic E-state index is -3.67. The van der Waals surface area contributed by atoms with Crippen LogP contribution in [0, 0.1) is 0 Å². The fourth-order valence-electron chi connectivity index (χ4n) is 7.96. The van der Waals surface area contributed by atoms with Crippen LogP contribution in [-0.2, 0) is 43.8 Å². The number of anilines is 8. The fraction of sp³-hybridized carbons (Fsp3) is 0.276. The summed E-state index contributed by atoms with van der Waals surface area (Å²) in [5.41, 5.74) is 7.35. The smallest absolute Gasteiger partial charge is 0.261 e.